The Balaban J connectivity index is 2.02. The van der Waals surface area contributed by atoms with Crippen LogP contribution in [0.1, 0.15) is 5.56 Å². The first-order valence-corrected chi connectivity index (χ1v) is 9.63. The van der Waals surface area contributed by atoms with Crippen molar-refractivity contribution in [2.24, 2.45) is 5.14 Å². The van der Waals surface area contributed by atoms with Crippen molar-refractivity contribution >= 4 is 25.7 Å². The van der Waals surface area contributed by atoms with Gasteiger partial charge in [0.05, 0.1) is 10.6 Å². The first-order chi connectivity index (χ1) is 10.3. The van der Waals surface area contributed by atoms with Gasteiger partial charge in [-0.15, -0.1) is 0 Å². The lowest BCUT2D eigenvalue weighted by Gasteiger charge is -2.08. The molecule has 0 aliphatic rings. The van der Waals surface area contributed by atoms with E-state index in [1.807, 2.05) is 30.3 Å². The van der Waals surface area contributed by atoms with Crippen molar-refractivity contribution < 1.29 is 16.8 Å². The first-order valence-electron chi connectivity index (χ1n) is 6.43. The van der Waals surface area contributed by atoms with Gasteiger partial charge in [-0.1, -0.05) is 30.3 Å². The molecule has 6 nitrogen and oxygen atoms in total. The third kappa shape index (κ3) is 4.83. The lowest BCUT2D eigenvalue weighted by molar-refractivity contribution is 0.597. The van der Waals surface area contributed by atoms with Crippen LogP contribution in [0.15, 0.2) is 59.5 Å². The monoisotopic (exact) mass is 340 g/mol. The van der Waals surface area contributed by atoms with Gasteiger partial charge >= 0.3 is 0 Å². The third-order valence-corrected chi connectivity index (χ3v) is 5.18. The Hall–Kier alpha value is -1.90. The summed E-state index contributed by atoms with van der Waals surface area (Å²) in [6.07, 6.45) is 0.394. The maximum absolute atomic E-state index is 12.0. The number of nitrogens with two attached hydrogens (primary N) is 1. The van der Waals surface area contributed by atoms with Crippen molar-refractivity contribution in [1.29, 1.82) is 0 Å². The third-order valence-electron chi connectivity index (χ3n) is 2.96. The van der Waals surface area contributed by atoms with Crippen LogP contribution in [0.4, 0.5) is 5.69 Å². The lowest BCUT2D eigenvalue weighted by atomic mass is 10.2. The molecule has 0 saturated carbocycles. The van der Waals surface area contributed by atoms with Crippen LogP contribution in [0.2, 0.25) is 0 Å². The molecule has 0 spiro atoms. The fourth-order valence-electron chi connectivity index (χ4n) is 1.84. The molecule has 0 radical (unpaired) electrons. The molecule has 2 rings (SSSR count). The second-order valence-corrected chi connectivity index (χ2v) is 8.13. The Morgan fingerprint density at radius 2 is 1.45 bits per heavy atom. The van der Waals surface area contributed by atoms with Crippen molar-refractivity contribution in [2.75, 3.05) is 10.5 Å². The van der Waals surface area contributed by atoms with Crippen LogP contribution in [0.5, 0.6) is 0 Å². The fourth-order valence-corrected chi connectivity index (χ4v) is 3.46. The second kappa shape index (κ2) is 6.47. The minimum absolute atomic E-state index is 0.0616. The molecule has 0 atom stereocenters. The summed E-state index contributed by atoms with van der Waals surface area (Å²) >= 11 is 0. The average Bonchev–Trinajstić information content (AvgIpc) is 2.46. The second-order valence-electron chi connectivity index (χ2n) is 4.73. The van der Waals surface area contributed by atoms with Crippen molar-refractivity contribution in [3.05, 3.63) is 60.2 Å². The minimum atomic E-state index is -3.79. The molecule has 0 aliphatic heterocycles. The summed E-state index contributed by atoms with van der Waals surface area (Å²) in [5, 5.41) is 4.98. The molecule has 0 heterocycles. The number of nitrogens with one attached hydrogen (secondary N) is 1. The number of anilines is 1. The number of hydrogen-bond donors (Lipinski definition) is 2. The highest BCUT2D eigenvalue weighted by molar-refractivity contribution is 7.92. The maximum Gasteiger partial charge on any atom is 0.238 e. The normalized spacial score (nSPS) is 12.0. The van der Waals surface area contributed by atoms with Crippen LogP contribution in [-0.2, 0) is 26.5 Å². The van der Waals surface area contributed by atoms with Crippen LogP contribution in [0.25, 0.3) is 0 Å². The highest BCUT2D eigenvalue weighted by atomic mass is 32.2. The van der Waals surface area contributed by atoms with Crippen molar-refractivity contribution in [1.82, 2.24) is 0 Å². The van der Waals surface area contributed by atoms with Gasteiger partial charge in [0, 0.05) is 5.69 Å². The number of aryl methyl sites for hydroxylation is 1. The molecule has 0 aromatic heterocycles. The minimum Gasteiger partial charge on any atom is -0.284 e. The van der Waals surface area contributed by atoms with Crippen LogP contribution in [0.3, 0.4) is 0 Å². The van der Waals surface area contributed by atoms with E-state index in [1.54, 1.807) is 0 Å². The molecule has 0 bridgehead atoms. The standard InChI is InChI=1S/C14H16N2O4S2/c15-22(19,20)14-8-6-13(7-9-14)16-21(17,18)11-10-12-4-2-1-3-5-12/h1-9,16H,10-11H2,(H2,15,19,20). The van der Waals surface area contributed by atoms with Gasteiger partial charge in [-0.3, -0.25) is 4.72 Å². The predicted octanol–water partition coefficient (Wildman–Crippen LogP) is 1.32. The number of rotatable bonds is 6. The summed E-state index contributed by atoms with van der Waals surface area (Å²) in [4.78, 5) is -0.0697. The fraction of sp³-hybridized carbons (Fsp3) is 0.143. The van der Waals surface area contributed by atoms with E-state index in [0.29, 0.717) is 12.1 Å². The van der Waals surface area contributed by atoms with E-state index in [9.17, 15) is 16.8 Å². The quantitative estimate of drug-likeness (QED) is 0.827. The number of benzene rings is 2. The van der Waals surface area contributed by atoms with E-state index in [-0.39, 0.29) is 10.6 Å². The Labute approximate surface area is 130 Å². The number of sulfonamides is 2. The summed E-state index contributed by atoms with van der Waals surface area (Å²) in [6.45, 7) is 0. The number of hydrogen-bond acceptors (Lipinski definition) is 4. The zero-order valence-corrected chi connectivity index (χ0v) is 13.3. The molecule has 0 saturated heterocycles. The van der Waals surface area contributed by atoms with Crippen LogP contribution >= 0.6 is 0 Å². The summed E-state index contributed by atoms with van der Waals surface area (Å²) in [5.41, 5.74) is 1.22. The Bertz CT molecular complexity index is 830. The molecule has 2 aromatic carbocycles. The smallest absolute Gasteiger partial charge is 0.238 e. The summed E-state index contributed by atoms with van der Waals surface area (Å²) in [5.74, 6) is -0.0616. The highest BCUT2D eigenvalue weighted by Gasteiger charge is 2.12. The SMILES string of the molecule is NS(=O)(=O)c1ccc(NS(=O)(=O)CCc2ccccc2)cc1. The Morgan fingerprint density at radius 3 is 2.00 bits per heavy atom. The topological polar surface area (TPSA) is 106 Å². The van der Waals surface area contributed by atoms with Crippen LogP contribution < -0.4 is 9.86 Å². The zero-order chi connectivity index (χ0) is 16.2. The van der Waals surface area contributed by atoms with Crippen molar-refractivity contribution in [3.63, 3.8) is 0 Å². The number of primary sulfonamides is 1. The molecule has 8 heteroatoms. The van der Waals surface area contributed by atoms with Gasteiger partial charge in [0.15, 0.2) is 0 Å². The zero-order valence-electron chi connectivity index (χ0n) is 11.6. The molecule has 0 fully saturated rings. The van der Waals surface area contributed by atoms with E-state index in [1.165, 1.54) is 24.3 Å². The maximum atomic E-state index is 12.0. The average molecular weight is 340 g/mol. The molecular formula is C14H16N2O4S2. The van der Waals surface area contributed by atoms with Gasteiger partial charge in [0.2, 0.25) is 20.0 Å². The van der Waals surface area contributed by atoms with E-state index in [0.717, 1.165) is 5.56 Å². The Kier molecular flexibility index (Phi) is 4.84. The molecule has 0 unspecified atom stereocenters. The van der Waals surface area contributed by atoms with Gasteiger partial charge in [-0.2, -0.15) is 0 Å². The van der Waals surface area contributed by atoms with E-state index >= 15 is 0 Å². The van der Waals surface area contributed by atoms with Gasteiger partial charge in [0.1, 0.15) is 0 Å². The lowest BCUT2D eigenvalue weighted by Crippen LogP contribution is -2.18. The van der Waals surface area contributed by atoms with Gasteiger partial charge in [-0.05, 0) is 36.2 Å². The summed E-state index contributed by atoms with van der Waals surface area (Å²) in [7, 11) is -7.30. The van der Waals surface area contributed by atoms with Crippen molar-refractivity contribution in [3.8, 4) is 0 Å². The highest BCUT2D eigenvalue weighted by Crippen LogP contribution is 2.14. The van der Waals surface area contributed by atoms with Gasteiger partial charge in [-0.25, -0.2) is 22.0 Å². The summed E-state index contributed by atoms with van der Waals surface area (Å²) < 4.78 is 48.7. The largest absolute Gasteiger partial charge is 0.284 e. The van der Waals surface area contributed by atoms with Gasteiger partial charge in [0.25, 0.3) is 0 Å². The molecule has 0 amide bonds. The van der Waals surface area contributed by atoms with E-state index in [2.05, 4.69) is 4.72 Å². The molecule has 22 heavy (non-hydrogen) atoms. The van der Waals surface area contributed by atoms with Crippen LogP contribution in [0, 0.1) is 0 Å². The van der Waals surface area contributed by atoms with E-state index < -0.39 is 20.0 Å². The molecule has 2 aromatic rings. The summed E-state index contributed by atoms with van der Waals surface area (Å²) in [6, 6.07) is 14.5. The Morgan fingerprint density at radius 1 is 0.864 bits per heavy atom. The molecule has 3 N–H and O–H groups in total. The van der Waals surface area contributed by atoms with E-state index in [4.69, 9.17) is 5.14 Å². The molecular weight excluding hydrogens is 324 g/mol. The van der Waals surface area contributed by atoms with Crippen molar-refractivity contribution in [2.45, 2.75) is 11.3 Å². The molecule has 118 valence electrons. The first kappa shape index (κ1) is 16.5. The molecule has 0 aliphatic carbocycles. The van der Waals surface area contributed by atoms with Crippen LogP contribution in [-0.4, -0.2) is 22.6 Å². The predicted molar refractivity (Wildman–Crippen MR) is 85.4 cm³/mol. The van der Waals surface area contributed by atoms with Gasteiger partial charge < -0.3 is 0 Å².